The van der Waals surface area contributed by atoms with Crippen LogP contribution in [0.3, 0.4) is 0 Å². The number of nitrogens with zero attached hydrogens (tertiary/aromatic N) is 3. The van der Waals surface area contributed by atoms with Crippen molar-refractivity contribution in [1.82, 2.24) is 9.97 Å². The van der Waals surface area contributed by atoms with Gasteiger partial charge in [0, 0.05) is 26.1 Å². The van der Waals surface area contributed by atoms with Crippen molar-refractivity contribution < 1.29 is 4.74 Å². The first kappa shape index (κ1) is 15.0. The fourth-order valence-electron chi connectivity index (χ4n) is 2.56. The maximum Gasteiger partial charge on any atom is 0.134 e. The van der Waals surface area contributed by atoms with Crippen LogP contribution in [-0.2, 0) is 11.2 Å². The number of hydrogen-bond donors (Lipinski definition) is 1. The molecule has 0 bridgehead atoms. The standard InChI is InChI=1S/C15H26N4O/c1-5-7-13-17-14(16-4)8-15(18-13)19-9-11(3)20-10-12(19)6-2/h8,11-12H,5-7,9-10H2,1-4H3,(H,16,17,18). The van der Waals surface area contributed by atoms with Gasteiger partial charge < -0.3 is 15.0 Å². The number of aryl methyl sites for hydroxylation is 1. The van der Waals surface area contributed by atoms with E-state index in [-0.39, 0.29) is 6.10 Å². The summed E-state index contributed by atoms with van der Waals surface area (Å²) in [7, 11) is 1.90. The van der Waals surface area contributed by atoms with Crippen LogP contribution in [0.25, 0.3) is 0 Å². The van der Waals surface area contributed by atoms with Crippen LogP contribution in [0.1, 0.15) is 39.4 Å². The monoisotopic (exact) mass is 278 g/mol. The number of ether oxygens (including phenoxy) is 1. The molecule has 1 aromatic rings. The van der Waals surface area contributed by atoms with Crippen molar-refractivity contribution in [2.45, 2.75) is 52.2 Å². The zero-order valence-electron chi connectivity index (χ0n) is 13.0. The van der Waals surface area contributed by atoms with Crippen LogP contribution < -0.4 is 10.2 Å². The Morgan fingerprint density at radius 1 is 1.40 bits per heavy atom. The molecule has 2 rings (SSSR count). The number of nitrogens with one attached hydrogen (secondary N) is 1. The molecule has 0 aliphatic carbocycles. The molecule has 1 aromatic heterocycles. The lowest BCUT2D eigenvalue weighted by Crippen LogP contribution is -2.49. The summed E-state index contributed by atoms with van der Waals surface area (Å²) >= 11 is 0. The minimum atomic E-state index is 0.250. The van der Waals surface area contributed by atoms with Gasteiger partial charge in [-0.25, -0.2) is 9.97 Å². The first-order valence-corrected chi connectivity index (χ1v) is 7.61. The Balaban J connectivity index is 2.30. The van der Waals surface area contributed by atoms with Crippen LogP contribution in [0.4, 0.5) is 11.6 Å². The van der Waals surface area contributed by atoms with E-state index < -0.39 is 0 Å². The van der Waals surface area contributed by atoms with Gasteiger partial charge in [-0.2, -0.15) is 0 Å². The van der Waals surface area contributed by atoms with Crippen LogP contribution in [0.15, 0.2) is 6.07 Å². The molecule has 1 aliphatic rings. The number of hydrogen-bond acceptors (Lipinski definition) is 5. The second-order valence-corrected chi connectivity index (χ2v) is 5.39. The minimum absolute atomic E-state index is 0.250. The third-order valence-corrected chi connectivity index (χ3v) is 3.72. The van der Waals surface area contributed by atoms with E-state index in [4.69, 9.17) is 9.72 Å². The first-order valence-electron chi connectivity index (χ1n) is 7.61. The van der Waals surface area contributed by atoms with Gasteiger partial charge in [-0.15, -0.1) is 0 Å². The van der Waals surface area contributed by atoms with Gasteiger partial charge in [-0.1, -0.05) is 13.8 Å². The molecule has 2 unspecified atom stereocenters. The summed E-state index contributed by atoms with van der Waals surface area (Å²) in [6.07, 6.45) is 3.29. The van der Waals surface area contributed by atoms with E-state index >= 15 is 0 Å². The molecule has 0 amide bonds. The Bertz CT molecular complexity index is 438. The van der Waals surface area contributed by atoms with Crippen molar-refractivity contribution in [2.75, 3.05) is 30.4 Å². The smallest absolute Gasteiger partial charge is 0.134 e. The zero-order valence-corrected chi connectivity index (χ0v) is 13.0. The van der Waals surface area contributed by atoms with E-state index in [9.17, 15) is 0 Å². The van der Waals surface area contributed by atoms with E-state index in [0.29, 0.717) is 6.04 Å². The van der Waals surface area contributed by atoms with E-state index in [1.807, 2.05) is 13.1 Å². The molecular formula is C15H26N4O. The maximum absolute atomic E-state index is 5.77. The summed E-state index contributed by atoms with van der Waals surface area (Å²) in [6.45, 7) is 8.14. The first-order chi connectivity index (χ1) is 9.67. The normalized spacial score (nSPS) is 22.9. The van der Waals surface area contributed by atoms with Gasteiger partial charge in [0.25, 0.3) is 0 Å². The molecule has 2 atom stereocenters. The Morgan fingerprint density at radius 3 is 2.85 bits per heavy atom. The number of rotatable bonds is 5. The Kier molecular flexibility index (Phi) is 5.17. The van der Waals surface area contributed by atoms with Crippen LogP contribution in [0.2, 0.25) is 0 Å². The van der Waals surface area contributed by atoms with Gasteiger partial charge in [0.15, 0.2) is 0 Å². The lowest BCUT2D eigenvalue weighted by molar-refractivity contribution is 0.0296. The van der Waals surface area contributed by atoms with Crippen molar-refractivity contribution in [3.63, 3.8) is 0 Å². The Morgan fingerprint density at radius 2 is 2.20 bits per heavy atom. The largest absolute Gasteiger partial charge is 0.375 e. The highest BCUT2D eigenvalue weighted by Crippen LogP contribution is 2.24. The maximum atomic E-state index is 5.77. The molecule has 5 heteroatoms. The number of aromatic nitrogens is 2. The van der Waals surface area contributed by atoms with E-state index in [2.05, 4.69) is 36.0 Å². The van der Waals surface area contributed by atoms with E-state index in [1.165, 1.54) is 0 Å². The molecule has 0 aromatic carbocycles. The van der Waals surface area contributed by atoms with Gasteiger partial charge in [0.05, 0.1) is 18.8 Å². The van der Waals surface area contributed by atoms with Crippen LogP contribution in [0.5, 0.6) is 0 Å². The molecule has 1 saturated heterocycles. The predicted octanol–water partition coefficient (Wildman–Crippen LogP) is 2.47. The zero-order chi connectivity index (χ0) is 14.5. The van der Waals surface area contributed by atoms with Crippen molar-refractivity contribution in [2.24, 2.45) is 0 Å². The summed E-state index contributed by atoms with van der Waals surface area (Å²) < 4.78 is 5.77. The van der Waals surface area contributed by atoms with Crippen molar-refractivity contribution >= 4 is 11.6 Å². The molecule has 0 spiro atoms. The summed E-state index contributed by atoms with van der Waals surface area (Å²) in [5, 5.41) is 3.14. The lowest BCUT2D eigenvalue weighted by Gasteiger charge is -2.39. The third-order valence-electron chi connectivity index (χ3n) is 3.72. The molecule has 5 nitrogen and oxygen atoms in total. The molecule has 0 saturated carbocycles. The second kappa shape index (κ2) is 6.88. The highest BCUT2D eigenvalue weighted by Gasteiger charge is 2.27. The van der Waals surface area contributed by atoms with Crippen LogP contribution >= 0.6 is 0 Å². The quantitative estimate of drug-likeness (QED) is 0.896. The highest BCUT2D eigenvalue weighted by molar-refractivity contribution is 5.50. The van der Waals surface area contributed by atoms with Gasteiger partial charge in [0.2, 0.25) is 0 Å². The summed E-state index contributed by atoms with van der Waals surface area (Å²) in [6, 6.07) is 2.44. The van der Waals surface area contributed by atoms with Gasteiger partial charge >= 0.3 is 0 Å². The van der Waals surface area contributed by atoms with Crippen LogP contribution in [-0.4, -0.2) is 42.3 Å². The van der Waals surface area contributed by atoms with E-state index in [0.717, 1.165) is 49.9 Å². The molecule has 1 aliphatic heterocycles. The summed E-state index contributed by atoms with van der Waals surface area (Å²) in [5.41, 5.74) is 0. The number of anilines is 2. The van der Waals surface area contributed by atoms with E-state index in [1.54, 1.807) is 0 Å². The Labute approximate surface area is 121 Å². The van der Waals surface area contributed by atoms with Gasteiger partial charge in [-0.3, -0.25) is 0 Å². The van der Waals surface area contributed by atoms with Crippen molar-refractivity contribution in [1.29, 1.82) is 0 Å². The van der Waals surface area contributed by atoms with Crippen molar-refractivity contribution in [3.8, 4) is 0 Å². The molecule has 2 heterocycles. The molecule has 112 valence electrons. The minimum Gasteiger partial charge on any atom is -0.375 e. The fraction of sp³-hybridized carbons (Fsp3) is 0.733. The van der Waals surface area contributed by atoms with Crippen LogP contribution in [0, 0.1) is 0 Å². The number of morpholine rings is 1. The fourth-order valence-corrected chi connectivity index (χ4v) is 2.56. The topological polar surface area (TPSA) is 50.3 Å². The lowest BCUT2D eigenvalue weighted by atomic mass is 10.1. The molecule has 0 radical (unpaired) electrons. The van der Waals surface area contributed by atoms with Crippen molar-refractivity contribution in [3.05, 3.63) is 11.9 Å². The molecule has 1 fully saturated rings. The molecular weight excluding hydrogens is 252 g/mol. The average Bonchev–Trinajstić information content (AvgIpc) is 2.47. The summed E-state index contributed by atoms with van der Waals surface area (Å²) in [5.74, 6) is 2.84. The molecule has 20 heavy (non-hydrogen) atoms. The third kappa shape index (κ3) is 3.39. The Hall–Kier alpha value is -1.36. The van der Waals surface area contributed by atoms with Gasteiger partial charge in [0.1, 0.15) is 17.5 Å². The second-order valence-electron chi connectivity index (χ2n) is 5.39. The highest BCUT2D eigenvalue weighted by atomic mass is 16.5. The predicted molar refractivity (Wildman–Crippen MR) is 82.4 cm³/mol. The molecule has 1 N–H and O–H groups in total. The van der Waals surface area contributed by atoms with Gasteiger partial charge in [-0.05, 0) is 19.8 Å². The summed E-state index contributed by atoms with van der Waals surface area (Å²) in [4.78, 5) is 11.6. The average molecular weight is 278 g/mol. The SMILES string of the molecule is CCCc1nc(NC)cc(N2CC(C)OCC2CC)n1.